The number of aromatic nitrogens is 2. The molecule has 0 amide bonds. The molecule has 21 heavy (non-hydrogen) atoms. The molecule has 0 bridgehead atoms. The lowest BCUT2D eigenvalue weighted by Crippen LogP contribution is -2.10. The molecular formula is C15H21N3O3. The van der Waals surface area contributed by atoms with E-state index in [0.717, 1.165) is 23.6 Å². The zero-order valence-electron chi connectivity index (χ0n) is 12.5. The van der Waals surface area contributed by atoms with Crippen LogP contribution in [0, 0.1) is 5.92 Å². The van der Waals surface area contributed by atoms with Crippen LogP contribution in [0.3, 0.4) is 0 Å². The van der Waals surface area contributed by atoms with Gasteiger partial charge in [-0.2, -0.15) is 0 Å². The van der Waals surface area contributed by atoms with E-state index in [0.29, 0.717) is 30.6 Å². The number of benzene rings is 1. The molecule has 1 saturated carbocycles. The average molecular weight is 291 g/mol. The number of imidazole rings is 1. The minimum atomic E-state index is 0.482. The molecular weight excluding hydrogens is 270 g/mol. The summed E-state index contributed by atoms with van der Waals surface area (Å²) in [7, 11) is 3.22. The zero-order valence-corrected chi connectivity index (χ0v) is 12.5. The Kier molecular flexibility index (Phi) is 3.88. The van der Waals surface area contributed by atoms with Gasteiger partial charge in [0.2, 0.25) is 5.95 Å². The number of nitrogen functional groups attached to an aromatic ring is 1. The van der Waals surface area contributed by atoms with Gasteiger partial charge in [0.15, 0.2) is 11.5 Å². The molecule has 0 radical (unpaired) electrons. The van der Waals surface area contributed by atoms with Gasteiger partial charge in [0, 0.05) is 25.3 Å². The number of hydrogen-bond acceptors (Lipinski definition) is 5. The van der Waals surface area contributed by atoms with E-state index in [4.69, 9.17) is 19.9 Å². The second-order valence-corrected chi connectivity index (χ2v) is 5.34. The van der Waals surface area contributed by atoms with Crippen molar-refractivity contribution in [1.29, 1.82) is 0 Å². The van der Waals surface area contributed by atoms with Crippen LogP contribution in [0.4, 0.5) is 5.95 Å². The Morgan fingerprint density at radius 2 is 1.95 bits per heavy atom. The van der Waals surface area contributed by atoms with Gasteiger partial charge in [-0.05, 0) is 18.8 Å². The number of methoxy groups -OCH3 is 2. The van der Waals surface area contributed by atoms with Crippen LogP contribution in [0.5, 0.6) is 11.5 Å². The Labute approximate surface area is 123 Å². The molecule has 0 saturated heterocycles. The predicted molar refractivity (Wildman–Crippen MR) is 80.8 cm³/mol. The SMILES string of the molecule is COc1cc2nc(N)n(CCOCC3CC3)c2cc1OC. The van der Waals surface area contributed by atoms with E-state index >= 15 is 0 Å². The first-order chi connectivity index (χ1) is 10.2. The molecule has 1 aliphatic carbocycles. The molecule has 1 aromatic carbocycles. The Morgan fingerprint density at radius 1 is 1.24 bits per heavy atom. The Bertz CT molecular complexity index is 635. The summed E-state index contributed by atoms with van der Waals surface area (Å²) >= 11 is 0. The van der Waals surface area contributed by atoms with Crippen molar-refractivity contribution in [2.45, 2.75) is 19.4 Å². The predicted octanol–water partition coefficient (Wildman–Crippen LogP) is 2.06. The molecule has 2 aromatic rings. The van der Waals surface area contributed by atoms with E-state index < -0.39 is 0 Å². The van der Waals surface area contributed by atoms with Crippen molar-refractivity contribution in [3.05, 3.63) is 12.1 Å². The number of hydrogen-bond donors (Lipinski definition) is 1. The van der Waals surface area contributed by atoms with Crippen LogP contribution in [0.1, 0.15) is 12.8 Å². The van der Waals surface area contributed by atoms with Gasteiger partial charge in [0.05, 0.1) is 31.9 Å². The summed E-state index contributed by atoms with van der Waals surface area (Å²) < 4.78 is 18.2. The van der Waals surface area contributed by atoms with Gasteiger partial charge in [-0.25, -0.2) is 4.98 Å². The Hall–Kier alpha value is -1.95. The number of nitrogens with two attached hydrogens (primary N) is 1. The third kappa shape index (κ3) is 2.90. The molecule has 1 heterocycles. The monoisotopic (exact) mass is 291 g/mol. The fraction of sp³-hybridized carbons (Fsp3) is 0.533. The molecule has 1 fully saturated rings. The lowest BCUT2D eigenvalue weighted by molar-refractivity contribution is 0.118. The molecule has 114 valence electrons. The van der Waals surface area contributed by atoms with Crippen molar-refractivity contribution >= 4 is 17.0 Å². The lowest BCUT2D eigenvalue weighted by Gasteiger charge is -2.10. The quantitative estimate of drug-likeness (QED) is 0.791. The van der Waals surface area contributed by atoms with Crippen molar-refractivity contribution in [2.75, 3.05) is 33.2 Å². The van der Waals surface area contributed by atoms with Gasteiger partial charge in [-0.1, -0.05) is 0 Å². The van der Waals surface area contributed by atoms with Crippen LogP contribution in [0.15, 0.2) is 12.1 Å². The van der Waals surface area contributed by atoms with Gasteiger partial charge in [0.1, 0.15) is 0 Å². The molecule has 0 atom stereocenters. The fourth-order valence-corrected chi connectivity index (χ4v) is 2.40. The van der Waals surface area contributed by atoms with Crippen LogP contribution >= 0.6 is 0 Å². The van der Waals surface area contributed by atoms with Crippen LogP contribution in [0.25, 0.3) is 11.0 Å². The van der Waals surface area contributed by atoms with E-state index in [2.05, 4.69) is 4.98 Å². The molecule has 0 aliphatic heterocycles. The highest BCUT2D eigenvalue weighted by Crippen LogP contribution is 2.33. The highest BCUT2D eigenvalue weighted by molar-refractivity contribution is 5.82. The normalized spacial score (nSPS) is 14.6. The zero-order chi connectivity index (χ0) is 14.8. The maximum atomic E-state index is 6.01. The molecule has 0 spiro atoms. The van der Waals surface area contributed by atoms with Crippen LogP contribution < -0.4 is 15.2 Å². The number of nitrogens with zero attached hydrogens (tertiary/aromatic N) is 2. The average Bonchev–Trinajstić information content (AvgIpc) is 3.26. The summed E-state index contributed by atoms with van der Waals surface area (Å²) in [4.78, 5) is 4.37. The summed E-state index contributed by atoms with van der Waals surface area (Å²) in [6.07, 6.45) is 2.60. The summed E-state index contributed by atoms with van der Waals surface area (Å²) in [6.45, 7) is 2.18. The summed E-state index contributed by atoms with van der Waals surface area (Å²) in [6, 6.07) is 3.74. The van der Waals surface area contributed by atoms with Crippen molar-refractivity contribution < 1.29 is 14.2 Å². The van der Waals surface area contributed by atoms with Crippen molar-refractivity contribution in [1.82, 2.24) is 9.55 Å². The molecule has 6 nitrogen and oxygen atoms in total. The van der Waals surface area contributed by atoms with Crippen LogP contribution in [-0.4, -0.2) is 37.0 Å². The molecule has 1 aromatic heterocycles. The maximum absolute atomic E-state index is 6.01. The second kappa shape index (κ2) is 5.81. The number of ether oxygens (including phenoxy) is 3. The van der Waals surface area contributed by atoms with Gasteiger partial charge in [-0.3, -0.25) is 0 Å². The van der Waals surface area contributed by atoms with Crippen molar-refractivity contribution in [2.24, 2.45) is 5.92 Å². The molecule has 2 N–H and O–H groups in total. The van der Waals surface area contributed by atoms with Gasteiger partial charge >= 0.3 is 0 Å². The van der Waals surface area contributed by atoms with E-state index in [1.54, 1.807) is 14.2 Å². The number of anilines is 1. The van der Waals surface area contributed by atoms with Crippen molar-refractivity contribution in [3.63, 3.8) is 0 Å². The van der Waals surface area contributed by atoms with Crippen LogP contribution in [-0.2, 0) is 11.3 Å². The summed E-state index contributed by atoms with van der Waals surface area (Å²) in [5.41, 5.74) is 7.73. The van der Waals surface area contributed by atoms with E-state index in [1.807, 2.05) is 16.7 Å². The minimum absolute atomic E-state index is 0.482. The minimum Gasteiger partial charge on any atom is -0.493 e. The Morgan fingerprint density at radius 3 is 2.62 bits per heavy atom. The first-order valence-corrected chi connectivity index (χ1v) is 7.18. The summed E-state index contributed by atoms with van der Waals surface area (Å²) in [5, 5.41) is 0. The first-order valence-electron chi connectivity index (χ1n) is 7.18. The van der Waals surface area contributed by atoms with Gasteiger partial charge in [-0.15, -0.1) is 0 Å². The van der Waals surface area contributed by atoms with E-state index in [1.165, 1.54) is 12.8 Å². The van der Waals surface area contributed by atoms with E-state index in [9.17, 15) is 0 Å². The molecule has 3 rings (SSSR count). The van der Waals surface area contributed by atoms with Crippen LogP contribution in [0.2, 0.25) is 0 Å². The smallest absolute Gasteiger partial charge is 0.201 e. The maximum Gasteiger partial charge on any atom is 0.201 e. The third-order valence-corrected chi connectivity index (χ3v) is 3.79. The first kappa shape index (κ1) is 14.0. The van der Waals surface area contributed by atoms with E-state index in [-0.39, 0.29) is 0 Å². The van der Waals surface area contributed by atoms with Crippen molar-refractivity contribution in [3.8, 4) is 11.5 Å². The Balaban J connectivity index is 1.80. The largest absolute Gasteiger partial charge is 0.493 e. The third-order valence-electron chi connectivity index (χ3n) is 3.79. The molecule has 0 unspecified atom stereocenters. The lowest BCUT2D eigenvalue weighted by atomic mass is 10.2. The highest BCUT2D eigenvalue weighted by Gasteiger charge is 2.21. The topological polar surface area (TPSA) is 71.5 Å². The van der Waals surface area contributed by atoms with Gasteiger partial charge < -0.3 is 24.5 Å². The fourth-order valence-electron chi connectivity index (χ4n) is 2.40. The number of rotatable bonds is 7. The molecule has 6 heteroatoms. The number of fused-ring (bicyclic) bond motifs is 1. The molecule has 1 aliphatic rings. The van der Waals surface area contributed by atoms with Gasteiger partial charge in [0.25, 0.3) is 0 Å². The standard InChI is InChI=1S/C15H21N3O3/c1-19-13-7-11-12(8-14(13)20-2)18(15(16)17-11)5-6-21-9-10-3-4-10/h7-8,10H,3-6,9H2,1-2H3,(H2,16,17). The summed E-state index contributed by atoms with van der Waals surface area (Å²) in [5.74, 6) is 2.58. The highest BCUT2D eigenvalue weighted by atomic mass is 16.5. The second-order valence-electron chi connectivity index (χ2n) is 5.34.